The molecule has 0 amide bonds. The first-order valence-electron chi connectivity index (χ1n) is 13.9. The highest BCUT2D eigenvalue weighted by molar-refractivity contribution is 6.09. The molecule has 1 heterocycles. The molecule has 1 rings (SSSR count). The number of hydrogen-bond donors (Lipinski definition) is 4. The van der Waals surface area contributed by atoms with Gasteiger partial charge < -0.3 is 15.4 Å². The van der Waals surface area contributed by atoms with E-state index in [1.807, 2.05) is 40.7 Å². The Bertz CT molecular complexity index is 1120. The smallest absolute Gasteiger partial charge is 0.198 e. The third kappa shape index (κ3) is 11.7. The maximum atomic E-state index is 10.8. The molecule has 37 heavy (non-hydrogen) atoms. The molecule has 0 bridgehead atoms. The first kappa shape index (κ1) is 33.9. The summed E-state index contributed by atoms with van der Waals surface area (Å²) in [5.41, 5.74) is 5.68. The standard InChI is InChI=1S/C30H46N4O.C2H6/c1-9-13-15-17-21(5)23(7)25(16-11-3)20-26-27(12-4)34-30(35)29(26)24(8)33-28(31)19-22(6)32-18-14-10-2;1-2/h12,15-17,19-20,31-32,34-35H,9-11,13-14,18H2,1-8H3;1-2H3/b17-15-,22-19-,23-21+,25-16-,26-20+,27-12+,31-28?,33-24?;. The van der Waals surface area contributed by atoms with Crippen molar-refractivity contribution in [2.75, 3.05) is 6.54 Å². The van der Waals surface area contributed by atoms with Crippen molar-refractivity contribution in [3.8, 4) is 5.88 Å². The second-order valence-electron chi connectivity index (χ2n) is 8.87. The van der Waals surface area contributed by atoms with Gasteiger partial charge in [-0.15, -0.1) is 0 Å². The van der Waals surface area contributed by atoms with Gasteiger partial charge in [-0.05, 0) is 76.7 Å². The van der Waals surface area contributed by atoms with E-state index in [0.29, 0.717) is 11.3 Å². The number of aromatic amines is 1. The Morgan fingerprint density at radius 2 is 1.76 bits per heavy atom. The molecule has 0 aromatic carbocycles. The zero-order valence-corrected chi connectivity index (χ0v) is 25.1. The summed E-state index contributed by atoms with van der Waals surface area (Å²) in [6.45, 7) is 21.3. The van der Waals surface area contributed by atoms with Crippen LogP contribution in [0.5, 0.6) is 5.88 Å². The maximum absolute atomic E-state index is 10.8. The summed E-state index contributed by atoms with van der Waals surface area (Å²) < 4.78 is 0. The molecule has 0 aliphatic rings. The van der Waals surface area contributed by atoms with Gasteiger partial charge in [-0.2, -0.15) is 0 Å². The summed E-state index contributed by atoms with van der Waals surface area (Å²) in [7, 11) is 0. The molecule has 0 unspecified atom stereocenters. The summed E-state index contributed by atoms with van der Waals surface area (Å²) in [6.07, 6.45) is 17.7. The van der Waals surface area contributed by atoms with Gasteiger partial charge in [0.05, 0.1) is 11.3 Å². The second kappa shape index (κ2) is 19.1. The van der Waals surface area contributed by atoms with Crippen LogP contribution >= 0.6 is 0 Å². The van der Waals surface area contributed by atoms with E-state index < -0.39 is 0 Å². The van der Waals surface area contributed by atoms with E-state index >= 15 is 0 Å². The quantitative estimate of drug-likeness (QED) is 0.102. The molecule has 0 saturated heterocycles. The molecule has 0 spiro atoms. The highest BCUT2D eigenvalue weighted by Crippen LogP contribution is 2.19. The molecule has 206 valence electrons. The Balaban J connectivity index is 0.00000631. The average Bonchev–Trinajstić information content (AvgIpc) is 3.19. The van der Waals surface area contributed by atoms with Gasteiger partial charge in [-0.25, -0.2) is 4.99 Å². The molecule has 4 N–H and O–H groups in total. The number of H-pyrrole nitrogens is 1. The number of amidine groups is 1. The molecule has 5 nitrogen and oxygen atoms in total. The third-order valence-corrected chi connectivity index (χ3v) is 5.85. The zero-order valence-electron chi connectivity index (χ0n) is 25.1. The van der Waals surface area contributed by atoms with Crippen LogP contribution in [0.25, 0.3) is 12.2 Å². The van der Waals surface area contributed by atoms with Gasteiger partial charge >= 0.3 is 0 Å². The summed E-state index contributed by atoms with van der Waals surface area (Å²) >= 11 is 0. The molecule has 0 radical (unpaired) electrons. The first-order chi connectivity index (χ1) is 17.7. The zero-order chi connectivity index (χ0) is 28.4. The van der Waals surface area contributed by atoms with Crippen LogP contribution in [0.3, 0.4) is 0 Å². The van der Waals surface area contributed by atoms with Crippen molar-refractivity contribution >= 4 is 23.7 Å². The van der Waals surface area contributed by atoms with Crippen LogP contribution in [0.1, 0.15) is 107 Å². The number of hydrogen-bond acceptors (Lipinski definition) is 3. The van der Waals surface area contributed by atoms with Crippen LogP contribution in [-0.4, -0.2) is 28.2 Å². The lowest BCUT2D eigenvalue weighted by Gasteiger charge is -2.07. The number of rotatable bonds is 12. The van der Waals surface area contributed by atoms with Gasteiger partial charge in [0.25, 0.3) is 0 Å². The topological polar surface area (TPSA) is 84.3 Å². The Hall–Kier alpha value is -3.08. The van der Waals surface area contributed by atoms with Crippen molar-refractivity contribution in [2.45, 2.75) is 101 Å². The van der Waals surface area contributed by atoms with Crippen molar-refractivity contribution in [1.29, 1.82) is 5.41 Å². The highest BCUT2D eigenvalue weighted by atomic mass is 16.3. The number of allylic oxidation sites excluding steroid dienone is 7. The number of aromatic nitrogens is 1. The fraction of sp³-hybridized carbons (Fsp3) is 0.500. The first-order valence-corrected chi connectivity index (χ1v) is 13.9. The van der Waals surface area contributed by atoms with E-state index in [0.717, 1.165) is 60.5 Å². The lowest BCUT2D eigenvalue weighted by molar-refractivity contribution is 0.455. The summed E-state index contributed by atoms with van der Waals surface area (Å²) in [6, 6.07) is 0. The third-order valence-electron chi connectivity index (χ3n) is 5.85. The van der Waals surface area contributed by atoms with Gasteiger partial charge in [-0.3, -0.25) is 5.41 Å². The minimum atomic E-state index is 0.0669. The number of aliphatic imine (C=N–C) groups is 1. The predicted octanol–water partition coefficient (Wildman–Crippen LogP) is 7.44. The van der Waals surface area contributed by atoms with Crippen LogP contribution in [0.15, 0.2) is 51.7 Å². The molecule has 1 aromatic heterocycles. The van der Waals surface area contributed by atoms with Crippen LogP contribution in [0.4, 0.5) is 0 Å². The van der Waals surface area contributed by atoms with Gasteiger partial charge in [0.2, 0.25) is 0 Å². The molecular formula is C32H52N4O. The van der Waals surface area contributed by atoms with E-state index in [1.54, 1.807) is 6.08 Å². The number of unbranched alkanes of at least 4 members (excludes halogenated alkanes) is 2. The van der Waals surface area contributed by atoms with E-state index in [9.17, 15) is 5.11 Å². The van der Waals surface area contributed by atoms with Gasteiger partial charge in [0, 0.05) is 28.9 Å². The van der Waals surface area contributed by atoms with Crippen molar-refractivity contribution in [1.82, 2.24) is 10.3 Å². The Morgan fingerprint density at radius 1 is 1.08 bits per heavy atom. The SMILES string of the molecule is C/C=c1/[nH]c(O)c(C(C)=NC(=N)/C=C(/C)NCCCC)/c1=C/C(=C/CC)C(/C)=C(C)/C=C\CCC.CC. The van der Waals surface area contributed by atoms with E-state index in [4.69, 9.17) is 5.41 Å². The number of aromatic hydroxyl groups is 1. The molecule has 0 saturated carbocycles. The molecule has 0 fully saturated rings. The molecule has 5 heteroatoms. The molecule has 0 aliphatic heterocycles. The van der Waals surface area contributed by atoms with E-state index in [-0.39, 0.29) is 11.7 Å². The lowest BCUT2D eigenvalue weighted by Crippen LogP contribution is -2.27. The van der Waals surface area contributed by atoms with Crippen molar-refractivity contribution in [3.63, 3.8) is 0 Å². The molecule has 0 aliphatic carbocycles. The summed E-state index contributed by atoms with van der Waals surface area (Å²) in [5, 5.41) is 24.1. The van der Waals surface area contributed by atoms with Crippen LogP contribution in [-0.2, 0) is 0 Å². The number of nitrogens with one attached hydrogen (secondary N) is 3. The van der Waals surface area contributed by atoms with Gasteiger partial charge in [0.15, 0.2) is 5.88 Å². The van der Waals surface area contributed by atoms with E-state index in [1.165, 1.54) is 11.1 Å². The maximum Gasteiger partial charge on any atom is 0.198 e. The molecule has 1 aromatic rings. The fourth-order valence-electron chi connectivity index (χ4n) is 3.73. The lowest BCUT2D eigenvalue weighted by atomic mass is 9.98. The predicted molar refractivity (Wildman–Crippen MR) is 165 cm³/mol. The van der Waals surface area contributed by atoms with Crippen molar-refractivity contribution in [2.24, 2.45) is 4.99 Å². The van der Waals surface area contributed by atoms with Crippen LogP contribution in [0.2, 0.25) is 0 Å². The summed E-state index contributed by atoms with van der Waals surface area (Å²) in [4.78, 5) is 7.58. The second-order valence-corrected chi connectivity index (χ2v) is 8.87. The van der Waals surface area contributed by atoms with Crippen molar-refractivity contribution < 1.29 is 5.11 Å². The van der Waals surface area contributed by atoms with Crippen LogP contribution in [0, 0.1) is 5.41 Å². The monoisotopic (exact) mass is 508 g/mol. The Morgan fingerprint density at radius 3 is 2.32 bits per heavy atom. The highest BCUT2D eigenvalue weighted by Gasteiger charge is 2.13. The van der Waals surface area contributed by atoms with Crippen molar-refractivity contribution in [3.05, 3.63) is 62.9 Å². The minimum absolute atomic E-state index is 0.0669. The Labute approximate surface area is 226 Å². The normalized spacial score (nSPS) is 14.6. The number of nitrogens with zero attached hydrogens (tertiary/aromatic N) is 1. The van der Waals surface area contributed by atoms with Crippen LogP contribution < -0.4 is 15.9 Å². The largest absolute Gasteiger partial charge is 0.494 e. The molecular weight excluding hydrogens is 456 g/mol. The minimum Gasteiger partial charge on any atom is -0.494 e. The fourth-order valence-corrected chi connectivity index (χ4v) is 3.73. The Kier molecular flexibility index (Phi) is 17.5. The van der Waals surface area contributed by atoms with Gasteiger partial charge in [-0.1, -0.05) is 71.8 Å². The average molecular weight is 509 g/mol. The molecule has 0 atom stereocenters. The van der Waals surface area contributed by atoms with Gasteiger partial charge in [0.1, 0.15) is 5.84 Å². The van der Waals surface area contributed by atoms with E-state index in [2.05, 4.69) is 74.2 Å². The summed E-state index contributed by atoms with van der Waals surface area (Å²) in [5.74, 6) is 0.215.